The summed E-state index contributed by atoms with van der Waals surface area (Å²) in [5, 5.41) is 6.11. The molecule has 0 unspecified atom stereocenters. The van der Waals surface area contributed by atoms with Crippen LogP contribution in [0.2, 0.25) is 0 Å². The molecule has 2 rings (SSSR count). The Labute approximate surface area is 155 Å². The van der Waals surface area contributed by atoms with E-state index in [1.54, 1.807) is 11.3 Å². The molecule has 0 radical (unpaired) electrons. The molecular weight excluding hydrogens is 332 g/mol. The molecule has 5 heteroatoms. The van der Waals surface area contributed by atoms with Gasteiger partial charge >= 0.3 is 0 Å². The van der Waals surface area contributed by atoms with Crippen LogP contribution in [0.15, 0.2) is 6.07 Å². The summed E-state index contributed by atoms with van der Waals surface area (Å²) in [6.07, 6.45) is 5.34. The molecule has 140 valence electrons. The van der Waals surface area contributed by atoms with Crippen molar-refractivity contribution in [2.24, 2.45) is 11.8 Å². The summed E-state index contributed by atoms with van der Waals surface area (Å²) in [5.74, 6) is 0.0886. The van der Waals surface area contributed by atoms with Crippen LogP contribution < -0.4 is 10.6 Å². The summed E-state index contributed by atoms with van der Waals surface area (Å²) in [4.78, 5) is 27.8. The van der Waals surface area contributed by atoms with Crippen molar-refractivity contribution >= 4 is 23.2 Å². The first-order valence-electron chi connectivity index (χ1n) is 9.47. The molecule has 0 saturated heterocycles. The summed E-state index contributed by atoms with van der Waals surface area (Å²) >= 11 is 1.75. The zero-order valence-corrected chi connectivity index (χ0v) is 17.0. The predicted octanol–water partition coefficient (Wildman–Crippen LogP) is 4.26. The van der Waals surface area contributed by atoms with E-state index in [4.69, 9.17) is 0 Å². The normalized spacial score (nSPS) is 18.0. The highest BCUT2D eigenvalue weighted by Gasteiger charge is 2.29. The average molecular weight is 365 g/mol. The molecule has 1 heterocycles. The van der Waals surface area contributed by atoms with Crippen molar-refractivity contribution in [2.45, 2.75) is 78.8 Å². The van der Waals surface area contributed by atoms with Crippen LogP contribution in [0.1, 0.15) is 74.2 Å². The molecule has 2 amide bonds. The van der Waals surface area contributed by atoms with Gasteiger partial charge in [0, 0.05) is 15.7 Å². The minimum absolute atomic E-state index is 0.0451. The monoisotopic (exact) mass is 364 g/mol. The van der Waals surface area contributed by atoms with Gasteiger partial charge in [-0.2, -0.15) is 0 Å². The van der Waals surface area contributed by atoms with E-state index in [-0.39, 0.29) is 29.7 Å². The topological polar surface area (TPSA) is 58.2 Å². The number of hydrogen-bond acceptors (Lipinski definition) is 3. The standard InChI is InChI=1S/C20H32N2O2S/c1-12(2)18(22-19(23)16-9-7-6-8-10-16)20(24)21-14(4)17-11-13(3)25-15(17)5/h11-12,14,16,18H,6-10H2,1-5H3,(H,21,24)(H,22,23)/t14-,18+/m1/s1. The van der Waals surface area contributed by atoms with Gasteiger partial charge in [-0.1, -0.05) is 33.1 Å². The first-order chi connectivity index (χ1) is 11.8. The summed E-state index contributed by atoms with van der Waals surface area (Å²) < 4.78 is 0. The zero-order chi connectivity index (χ0) is 18.6. The third kappa shape index (κ3) is 5.30. The highest BCUT2D eigenvalue weighted by Crippen LogP contribution is 2.27. The van der Waals surface area contributed by atoms with Gasteiger partial charge < -0.3 is 10.6 Å². The van der Waals surface area contributed by atoms with Gasteiger partial charge in [0.15, 0.2) is 0 Å². The maximum absolute atomic E-state index is 12.8. The number of rotatable bonds is 6. The molecule has 0 spiro atoms. The second-order valence-electron chi connectivity index (χ2n) is 7.66. The van der Waals surface area contributed by atoms with Crippen LogP contribution in [0.25, 0.3) is 0 Å². The Morgan fingerprint density at radius 2 is 1.72 bits per heavy atom. The van der Waals surface area contributed by atoms with Crippen molar-refractivity contribution in [3.63, 3.8) is 0 Å². The summed E-state index contributed by atoms with van der Waals surface area (Å²) in [6, 6.07) is 1.61. The van der Waals surface area contributed by atoms with Gasteiger partial charge in [0.2, 0.25) is 11.8 Å². The lowest BCUT2D eigenvalue weighted by Gasteiger charge is -2.27. The van der Waals surface area contributed by atoms with Crippen LogP contribution in [0, 0.1) is 25.7 Å². The number of thiophene rings is 1. The lowest BCUT2D eigenvalue weighted by atomic mass is 9.88. The van der Waals surface area contributed by atoms with E-state index < -0.39 is 6.04 Å². The highest BCUT2D eigenvalue weighted by molar-refractivity contribution is 7.12. The van der Waals surface area contributed by atoms with E-state index in [0.29, 0.717) is 0 Å². The van der Waals surface area contributed by atoms with Crippen molar-refractivity contribution in [3.05, 3.63) is 21.4 Å². The van der Waals surface area contributed by atoms with Gasteiger partial charge in [0.25, 0.3) is 0 Å². The summed E-state index contributed by atoms with van der Waals surface area (Å²) in [5.41, 5.74) is 1.16. The smallest absolute Gasteiger partial charge is 0.243 e. The molecule has 1 aliphatic rings. The largest absolute Gasteiger partial charge is 0.348 e. The van der Waals surface area contributed by atoms with Crippen LogP contribution in [-0.2, 0) is 9.59 Å². The summed E-state index contributed by atoms with van der Waals surface area (Å²) in [7, 11) is 0. The molecule has 0 aromatic carbocycles. The molecular formula is C20H32N2O2S. The quantitative estimate of drug-likeness (QED) is 0.792. The van der Waals surface area contributed by atoms with Gasteiger partial charge in [0.1, 0.15) is 6.04 Å². The van der Waals surface area contributed by atoms with Crippen molar-refractivity contribution in [3.8, 4) is 0 Å². The molecule has 25 heavy (non-hydrogen) atoms. The van der Waals surface area contributed by atoms with Crippen molar-refractivity contribution in [1.29, 1.82) is 0 Å². The number of carbonyl (C=O) groups excluding carboxylic acids is 2. The lowest BCUT2D eigenvalue weighted by molar-refractivity contribution is -0.133. The fourth-order valence-electron chi connectivity index (χ4n) is 3.63. The Hall–Kier alpha value is -1.36. The van der Waals surface area contributed by atoms with E-state index >= 15 is 0 Å². The number of hydrogen-bond donors (Lipinski definition) is 2. The second-order valence-corrected chi connectivity index (χ2v) is 9.12. The van der Waals surface area contributed by atoms with Crippen molar-refractivity contribution in [2.75, 3.05) is 0 Å². The van der Waals surface area contributed by atoms with Crippen LogP contribution >= 0.6 is 11.3 Å². The van der Waals surface area contributed by atoms with E-state index in [0.717, 1.165) is 31.2 Å². The lowest BCUT2D eigenvalue weighted by Crippen LogP contribution is -2.51. The SMILES string of the molecule is Cc1cc([C@@H](C)NC(=O)[C@@H](NC(=O)C2CCCCC2)C(C)C)c(C)s1. The van der Waals surface area contributed by atoms with Crippen LogP contribution in [0.5, 0.6) is 0 Å². The molecule has 2 atom stereocenters. The van der Waals surface area contributed by atoms with Gasteiger partial charge in [-0.3, -0.25) is 9.59 Å². The van der Waals surface area contributed by atoms with Crippen LogP contribution in [-0.4, -0.2) is 17.9 Å². The number of amides is 2. The molecule has 1 fully saturated rings. The first kappa shape index (κ1) is 20.0. The number of nitrogens with one attached hydrogen (secondary N) is 2. The molecule has 0 bridgehead atoms. The average Bonchev–Trinajstić information content (AvgIpc) is 2.91. The Morgan fingerprint density at radius 1 is 1.08 bits per heavy atom. The van der Waals surface area contributed by atoms with Gasteiger partial charge in [-0.15, -0.1) is 11.3 Å². The minimum Gasteiger partial charge on any atom is -0.348 e. The van der Waals surface area contributed by atoms with E-state index in [9.17, 15) is 9.59 Å². The highest BCUT2D eigenvalue weighted by atomic mass is 32.1. The fraction of sp³-hybridized carbons (Fsp3) is 0.700. The zero-order valence-electron chi connectivity index (χ0n) is 16.1. The van der Waals surface area contributed by atoms with E-state index in [2.05, 4.69) is 30.5 Å². The maximum Gasteiger partial charge on any atom is 0.243 e. The van der Waals surface area contributed by atoms with Crippen molar-refractivity contribution < 1.29 is 9.59 Å². The molecule has 1 saturated carbocycles. The Morgan fingerprint density at radius 3 is 2.24 bits per heavy atom. The van der Waals surface area contributed by atoms with Crippen LogP contribution in [0.4, 0.5) is 0 Å². The predicted molar refractivity (Wildman–Crippen MR) is 104 cm³/mol. The second kappa shape index (κ2) is 8.84. The first-order valence-corrected chi connectivity index (χ1v) is 10.3. The third-order valence-electron chi connectivity index (χ3n) is 5.13. The molecule has 1 aromatic heterocycles. The maximum atomic E-state index is 12.8. The number of aryl methyl sites for hydroxylation is 2. The van der Waals surface area contributed by atoms with E-state index in [1.165, 1.54) is 16.2 Å². The molecule has 1 aliphatic carbocycles. The fourth-order valence-corrected chi connectivity index (χ4v) is 4.65. The van der Waals surface area contributed by atoms with Gasteiger partial charge in [0.05, 0.1) is 6.04 Å². The third-order valence-corrected chi connectivity index (χ3v) is 6.11. The van der Waals surface area contributed by atoms with Crippen molar-refractivity contribution in [1.82, 2.24) is 10.6 Å². The molecule has 1 aromatic rings. The number of carbonyl (C=O) groups is 2. The minimum atomic E-state index is -0.475. The van der Waals surface area contributed by atoms with E-state index in [1.807, 2.05) is 20.8 Å². The van der Waals surface area contributed by atoms with Crippen LogP contribution in [0.3, 0.4) is 0 Å². The molecule has 2 N–H and O–H groups in total. The Kier molecular flexibility index (Phi) is 7.05. The molecule has 0 aliphatic heterocycles. The van der Waals surface area contributed by atoms with Gasteiger partial charge in [-0.05, 0) is 51.2 Å². The van der Waals surface area contributed by atoms with Gasteiger partial charge in [-0.25, -0.2) is 0 Å². The Balaban J connectivity index is 1.99. The summed E-state index contributed by atoms with van der Waals surface area (Å²) in [6.45, 7) is 10.1. The molecule has 4 nitrogen and oxygen atoms in total. The Bertz CT molecular complexity index is 603.